The van der Waals surface area contributed by atoms with Crippen LogP contribution in [0.25, 0.3) is 10.9 Å². The van der Waals surface area contributed by atoms with Gasteiger partial charge in [0.15, 0.2) is 11.5 Å². The number of rotatable bonds is 4. The molecule has 2 heterocycles. The van der Waals surface area contributed by atoms with E-state index in [9.17, 15) is 9.59 Å². The van der Waals surface area contributed by atoms with Gasteiger partial charge in [0.05, 0.1) is 11.8 Å². The van der Waals surface area contributed by atoms with Gasteiger partial charge in [-0.3, -0.25) is 9.78 Å². The third kappa shape index (κ3) is 3.55. The van der Waals surface area contributed by atoms with Crippen LogP contribution in [0.1, 0.15) is 20.9 Å². The van der Waals surface area contributed by atoms with Gasteiger partial charge in [-0.05, 0) is 48.5 Å². The number of nitrogens with one attached hydrogen (secondary N) is 1. The van der Waals surface area contributed by atoms with Crippen molar-refractivity contribution in [2.75, 3.05) is 5.32 Å². The average Bonchev–Trinajstić information content (AvgIpc) is 3.24. The van der Waals surface area contributed by atoms with Crippen molar-refractivity contribution in [1.29, 1.82) is 0 Å². The minimum atomic E-state index is -0.503. The second-order valence-corrected chi connectivity index (χ2v) is 5.73. The molecule has 4 rings (SSSR count). The number of pyridine rings is 1. The van der Waals surface area contributed by atoms with E-state index in [4.69, 9.17) is 9.15 Å². The number of para-hydroxylation sites is 1. The predicted octanol–water partition coefficient (Wildman–Crippen LogP) is 4.30. The Kier molecular flexibility index (Phi) is 4.37. The Balaban J connectivity index is 1.48. The van der Waals surface area contributed by atoms with Gasteiger partial charge in [0.25, 0.3) is 5.91 Å². The number of hydrogen-bond acceptors (Lipinski definition) is 5. The number of aromatic nitrogens is 1. The van der Waals surface area contributed by atoms with E-state index in [2.05, 4.69) is 10.3 Å². The highest BCUT2D eigenvalue weighted by atomic mass is 16.5. The fourth-order valence-corrected chi connectivity index (χ4v) is 2.61. The van der Waals surface area contributed by atoms with Gasteiger partial charge < -0.3 is 14.5 Å². The van der Waals surface area contributed by atoms with Gasteiger partial charge >= 0.3 is 5.97 Å². The fraction of sp³-hybridized carbons (Fsp3) is 0. The van der Waals surface area contributed by atoms with Gasteiger partial charge in [-0.25, -0.2) is 4.79 Å². The largest absolute Gasteiger partial charge is 0.459 e. The fourth-order valence-electron chi connectivity index (χ4n) is 2.61. The maximum absolute atomic E-state index is 12.4. The molecule has 1 amide bonds. The third-order valence-corrected chi connectivity index (χ3v) is 3.92. The van der Waals surface area contributed by atoms with Crippen LogP contribution in [0.5, 0.6) is 5.75 Å². The zero-order valence-corrected chi connectivity index (χ0v) is 14.1. The van der Waals surface area contributed by atoms with Crippen molar-refractivity contribution in [3.63, 3.8) is 0 Å². The predicted molar refractivity (Wildman–Crippen MR) is 99.8 cm³/mol. The zero-order valence-electron chi connectivity index (χ0n) is 14.1. The number of fused-ring (bicyclic) bond motifs is 1. The number of carbonyl (C=O) groups excluding carboxylic acids is 2. The Labute approximate surface area is 154 Å². The third-order valence-electron chi connectivity index (χ3n) is 3.92. The Bertz CT molecular complexity index is 1100. The van der Waals surface area contributed by atoms with Gasteiger partial charge in [0, 0.05) is 17.3 Å². The summed E-state index contributed by atoms with van der Waals surface area (Å²) in [6.07, 6.45) is 3.08. The van der Waals surface area contributed by atoms with Crippen LogP contribution in [0.15, 0.2) is 83.6 Å². The topological polar surface area (TPSA) is 81.4 Å². The first-order valence-electron chi connectivity index (χ1n) is 8.21. The molecular weight excluding hydrogens is 344 g/mol. The summed E-state index contributed by atoms with van der Waals surface area (Å²) in [5, 5.41) is 3.58. The molecule has 6 nitrogen and oxygen atoms in total. The molecule has 132 valence electrons. The van der Waals surface area contributed by atoms with Crippen molar-refractivity contribution in [2.24, 2.45) is 0 Å². The lowest BCUT2D eigenvalue weighted by Gasteiger charge is -2.08. The maximum atomic E-state index is 12.4. The maximum Gasteiger partial charge on any atom is 0.343 e. The van der Waals surface area contributed by atoms with Crippen molar-refractivity contribution >= 4 is 28.5 Å². The molecule has 0 aliphatic rings. The van der Waals surface area contributed by atoms with Crippen LogP contribution in [0.4, 0.5) is 5.69 Å². The van der Waals surface area contributed by atoms with Crippen LogP contribution in [-0.2, 0) is 0 Å². The SMILES string of the molecule is O=C(Oc1cccc2cccnc12)c1ccc(NC(=O)c2ccco2)cc1. The number of ether oxygens (including phenoxy) is 1. The summed E-state index contributed by atoms with van der Waals surface area (Å²) >= 11 is 0. The lowest BCUT2D eigenvalue weighted by atomic mass is 10.2. The Morgan fingerprint density at radius 2 is 1.74 bits per heavy atom. The number of esters is 1. The average molecular weight is 358 g/mol. The smallest absolute Gasteiger partial charge is 0.343 e. The van der Waals surface area contributed by atoms with Gasteiger partial charge in [-0.1, -0.05) is 18.2 Å². The molecule has 0 spiro atoms. The number of anilines is 1. The first-order valence-corrected chi connectivity index (χ1v) is 8.21. The molecule has 2 aromatic heterocycles. The minimum absolute atomic E-state index is 0.210. The Morgan fingerprint density at radius 1 is 0.926 bits per heavy atom. The minimum Gasteiger partial charge on any atom is -0.459 e. The molecule has 1 N–H and O–H groups in total. The molecule has 0 fully saturated rings. The second-order valence-electron chi connectivity index (χ2n) is 5.73. The molecule has 0 unspecified atom stereocenters. The van der Waals surface area contributed by atoms with Crippen LogP contribution in [0.3, 0.4) is 0 Å². The van der Waals surface area contributed by atoms with E-state index in [0.717, 1.165) is 5.39 Å². The molecule has 0 saturated heterocycles. The zero-order chi connectivity index (χ0) is 18.6. The Hall–Kier alpha value is -3.93. The number of hydrogen-bond donors (Lipinski definition) is 1. The van der Waals surface area contributed by atoms with Crippen molar-refractivity contribution in [2.45, 2.75) is 0 Å². The Morgan fingerprint density at radius 3 is 2.52 bits per heavy atom. The molecule has 4 aromatic rings. The molecule has 0 saturated carbocycles. The summed E-state index contributed by atoms with van der Waals surface area (Å²) in [6.45, 7) is 0. The summed E-state index contributed by atoms with van der Waals surface area (Å²) in [7, 11) is 0. The molecule has 0 radical (unpaired) electrons. The number of nitrogens with zero attached hydrogens (tertiary/aromatic N) is 1. The standard InChI is InChI=1S/C21H14N2O4/c24-20(18-7-3-13-26-18)23-16-10-8-15(9-11-16)21(25)27-17-6-1-4-14-5-2-12-22-19(14)17/h1-13H,(H,23,24). The van der Waals surface area contributed by atoms with E-state index in [1.807, 2.05) is 18.2 Å². The first kappa shape index (κ1) is 16.5. The van der Waals surface area contributed by atoms with Crippen molar-refractivity contribution in [1.82, 2.24) is 4.98 Å². The van der Waals surface area contributed by atoms with E-state index < -0.39 is 5.97 Å². The van der Waals surface area contributed by atoms with E-state index in [0.29, 0.717) is 22.5 Å². The molecule has 27 heavy (non-hydrogen) atoms. The number of furan rings is 1. The normalized spacial score (nSPS) is 10.5. The van der Waals surface area contributed by atoms with Gasteiger partial charge in [0.1, 0.15) is 5.52 Å². The molecule has 0 bridgehead atoms. The van der Waals surface area contributed by atoms with Crippen LogP contribution >= 0.6 is 0 Å². The van der Waals surface area contributed by atoms with Crippen LogP contribution in [0, 0.1) is 0 Å². The molecule has 6 heteroatoms. The summed E-state index contributed by atoms with van der Waals surface area (Å²) < 4.78 is 10.5. The molecular formula is C21H14N2O4. The molecule has 2 aromatic carbocycles. The summed E-state index contributed by atoms with van der Waals surface area (Å²) in [5.74, 6) is -0.260. The van der Waals surface area contributed by atoms with E-state index in [1.165, 1.54) is 6.26 Å². The monoisotopic (exact) mass is 358 g/mol. The van der Waals surface area contributed by atoms with Gasteiger partial charge in [-0.2, -0.15) is 0 Å². The number of carbonyl (C=O) groups is 2. The quantitative estimate of drug-likeness (QED) is 0.434. The molecule has 0 aliphatic carbocycles. The van der Waals surface area contributed by atoms with Crippen molar-refractivity contribution in [3.8, 4) is 5.75 Å². The lowest BCUT2D eigenvalue weighted by Crippen LogP contribution is -2.12. The van der Waals surface area contributed by atoms with Crippen molar-refractivity contribution in [3.05, 3.63) is 90.5 Å². The lowest BCUT2D eigenvalue weighted by molar-refractivity contribution is 0.0736. The van der Waals surface area contributed by atoms with Crippen LogP contribution in [0.2, 0.25) is 0 Å². The van der Waals surface area contributed by atoms with E-state index in [1.54, 1.807) is 54.7 Å². The molecule has 0 atom stereocenters. The summed E-state index contributed by atoms with van der Waals surface area (Å²) in [6, 6.07) is 18.7. The highest BCUT2D eigenvalue weighted by Crippen LogP contribution is 2.24. The second kappa shape index (κ2) is 7.13. The highest BCUT2D eigenvalue weighted by molar-refractivity contribution is 6.02. The van der Waals surface area contributed by atoms with E-state index in [-0.39, 0.29) is 11.7 Å². The highest BCUT2D eigenvalue weighted by Gasteiger charge is 2.13. The first-order chi connectivity index (χ1) is 13.2. The molecule has 0 aliphatic heterocycles. The van der Waals surface area contributed by atoms with Gasteiger partial charge in [0.2, 0.25) is 0 Å². The van der Waals surface area contributed by atoms with Gasteiger partial charge in [-0.15, -0.1) is 0 Å². The summed E-state index contributed by atoms with van der Waals surface area (Å²) in [4.78, 5) is 28.6. The number of amides is 1. The van der Waals surface area contributed by atoms with E-state index >= 15 is 0 Å². The van der Waals surface area contributed by atoms with Crippen LogP contribution < -0.4 is 10.1 Å². The van der Waals surface area contributed by atoms with Crippen LogP contribution in [-0.4, -0.2) is 16.9 Å². The summed E-state index contributed by atoms with van der Waals surface area (Å²) in [5.41, 5.74) is 1.52. The number of benzene rings is 2. The van der Waals surface area contributed by atoms with Crippen molar-refractivity contribution < 1.29 is 18.7 Å².